The average Bonchev–Trinajstić information content (AvgIpc) is 2.70. The molecular formula is C10H20N4. The number of aliphatic imine (C=N–C) groups is 1. The Labute approximate surface area is 86.0 Å². The van der Waals surface area contributed by atoms with Crippen LogP contribution in [0.3, 0.4) is 0 Å². The van der Waals surface area contributed by atoms with Crippen LogP contribution < -0.4 is 5.32 Å². The van der Waals surface area contributed by atoms with Crippen LogP contribution in [0.15, 0.2) is 4.99 Å². The fourth-order valence-electron chi connectivity index (χ4n) is 2.08. The van der Waals surface area contributed by atoms with Gasteiger partial charge >= 0.3 is 0 Å². The monoisotopic (exact) mass is 196 g/mol. The van der Waals surface area contributed by atoms with Gasteiger partial charge in [0.25, 0.3) is 0 Å². The van der Waals surface area contributed by atoms with Crippen LogP contribution in [0.1, 0.15) is 13.3 Å². The Bertz CT molecular complexity index is 236. The Morgan fingerprint density at radius 1 is 1.50 bits per heavy atom. The summed E-state index contributed by atoms with van der Waals surface area (Å²) in [6.07, 6.45) is 1.25. The van der Waals surface area contributed by atoms with Gasteiger partial charge in [-0.3, -0.25) is 4.99 Å². The van der Waals surface area contributed by atoms with Gasteiger partial charge in [-0.1, -0.05) is 0 Å². The van der Waals surface area contributed by atoms with Crippen LogP contribution in [0.4, 0.5) is 0 Å². The molecule has 0 spiro atoms. The van der Waals surface area contributed by atoms with Crippen molar-refractivity contribution in [2.75, 3.05) is 33.7 Å². The van der Waals surface area contributed by atoms with Crippen molar-refractivity contribution in [3.05, 3.63) is 0 Å². The van der Waals surface area contributed by atoms with Crippen molar-refractivity contribution in [1.82, 2.24) is 15.1 Å². The maximum atomic E-state index is 4.51. The van der Waals surface area contributed by atoms with E-state index >= 15 is 0 Å². The molecule has 1 fully saturated rings. The molecule has 0 bridgehead atoms. The second kappa shape index (κ2) is 3.77. The molecule has 0 aliphatic carbocycles. The van der Waals surface area contributed by atoms with Crippen molar-refractivity contribution in [3.8, 4) is 0 Å². The number of hydrogen-bond acceptors (Lipinski definition) is 4. The van der Waals surface area contributed by atoms with E-state index in [0.29, 0.717) is 12.1 Å². The third kappa shape index (κ3) is 1.85. The standard InChI is InChI=1S/C10H20N4/c1-8-6-11-10(12-8)14-5-4-9(7-14)13(2)3/h8-9H,4-7H2,1-3H3,(H,11,12). The summed E-state index contributed by atoms with van der Waals surface area (Å²) < 4.78 is 0. The molecule has 0 aromatic carbocycles. The van der Waals surface area contributed by atoms with E-state index in [0.717, 1.165) is 25.6 Å². The maximum Gasteiger partial charge on any atom is 0.194 e. The first kappa shape index (κ1) is 9.77. The van der Waals surface area contributed by atoms with Crippen LogP contribution in [0.5, 0.6) is 0 Å². The smallest absolute Gasteiger partial charge is 0.194 e. The molecule has 0 amide bonds. The predicted octanol–water partition coefficient (Wildman–Crippen LogP) is -0.0300. The zero-order valence-electron chi connectivity index (χ0n) is 9.32. The van der Waals surface area contributed by atoms with Crippen molar-refractivity contribution in [2.45, 2.75) is 25.4 Å². The zero-order valence-corrected chi connectivity index (χ0v) is 9.32. The third-order valence-corrected chi connectivity index (χ3v) is 3.08. The molecule has 1 N–H and O–H groups in total. The largest absolute Gasteiger partial charge is 0.352 e. The maximum absolute atomic E-state index is 4.51. The van der Waals surface area contributed by atoms with E-state index in [1.807, 2.05) is 0 Å². The fraction of sp³-hybridized carbons (Fsp3) is 0.900. The van der Waals surface area contributed by atoms with Gasteiger partial charge in [-0.15, -0.1) is 0 Å². The van der Waals surface area contributed by atoms with Gasteiger partial charge in [-0.2, -0.15) is 0 Å². The molecule has 2 rings (SSSR count). The topological polar surface area (TPSA) is 30.9 Å². The van der Waals surface area contributed by atoms with Gasteiger partial charge in [0.2, 0.25) is 0 Å². The van der Waals surface area contributed by atoms with Crippen LogP contribution >= 0.6 is 0 Å². The number of hydrogen-bond donors (Lipinski definition) is 1. The molecule has 0 radical (unpaired) electrons. The van der Waals surface area contributed by atoms with Gasteiger partial charge in [-0.25, -0.2) is 0 Å². The molecule has 4 heteroatoms. The lowest BCUT2D eigenvalue weighted by Crippen LogP contribution is -2.41. The summed E-state index contributed by atoms with van der Waals surface area (Å²) in [5.41, 5.74) is 0. The average molecular weight is 196 g/mol. The second-order valence-electron chi connectivity index (χ2n) is 4.56. The Kier molecular flexibility index (Phi) is 2.63. The lowest BCUT2D eigenvalue weighted by atomic mass is 10.2. The quantitative estimate of drug-likeness (QED) is 0.639. The molecule has 2 heterocycles. The van der Waals surface area contributed by atoms with Gasteiger partial charge < -0.3 is 15.1 Å². The summed E-state index contributed by atoms with van der Waals surface area (Å²) in [6, 6.07) is 1.21. The van der Waals surface area contributed by atoms with Crippen molar-refractivity contribution in [1.29, 1.82) is 0 Å². The SMILES string of the molecule is CC1CN=C(N2CCC(N(C)C)C2)N1. The predicted molar refractivity (Wildman–Crippen MR) is 58.6 cm³/mol. The lowest BCUT2D eigenvalue weighted by molar-refractivity contribution is 0.300. The molecule has 2 unspecified atom stereocenters. The number of nitrogens with zero attached hydrogens (tertiary/aromatic N) is 3. The van der Waals surface area contributed by atoms with E-state index in [2.05, 4.69) is 41.1 Å². The number of guanidine groups is 1. The Morgan fingerprint density at radius 2 is 2.29 bits per heavy atom. The van der Waals surface area contributed by atoms with Crippen LogP contribution in [-0.4, -0.2) is 61.6 Å². The van der Waals surface area contributed by atoms with Crippen LogP contribution in [0, 0.1) is 0 Å². The molecule has 2 aliphatic heterocycles. The Hall–Kier alpha value is -0.770. The highest BCUT2D eigenvalue weighted by Gasteiger charge is 2.28. The third-order valence-electron chi connectivity index (χ3n) is 3.08. The molecule has 2 atom stereocenters. The number of rotatable bonds is 1. The first-order chi connectivity index (χ1) is 6.66. The summed E-state index contributed by atoms with van der Waals surface area (Å²) >= 11 is 0. The zero-order chi connectivity index (χ0) is 10.1. The highest BCUT2D eigenvalue weighted by atomic mass is 15.4. The van der Waals surface area contributed by atoms with Crippen molar-refractivity contribution >= 4 is 5.96 Å². The molecule has 0 aromatic rings. The molecule has 2 aliphatic rings. The van der Waals surface area contributed by atoms with E-state index < -0.39 is 0 Å². The minimum absolute atomic E-state index is 0.517. The summed E-state index contributed by atoms with van der Waals surface area (Å²) in [5, 5.41) is 3.41. The van der Waals surface area contributed by atoms with Crippen molar-refractivity contribution in [2.24, 2.45) is 4.99 Å². The summed E-state index contributed by atoms with van der Waals surface area (Å²) in [7, 11) is 4.31. The number of likely N-dealkylation sites (N-methyl/N-ethyl adjacent to an activating group) is 1. The molecule has 14 heavy (non-hydrogen) atoms. The van der Waals surface area contributed by atoms with Crippen LogP contribution in [0.2, 0.25) is 0 Å². The van der Waals surface area contributed by atoms with E-state index in [-0.39, 0.29) is 0 Å². The summed E-state index contributed by atoms with van der Waals surface area (Å²) in [6.45, 7) is 5.36. The summed E-state index contributed by atoms with van der Waals surface area (Å²) in [5.74, 6) is 1.11. The van der Waals surface area contributed by atoms with Gasteiger partial charge in [0.15, 0.2) is 5.96 Å². The van der Waals surface area contributed by atoms with Crippen molar-refractivity contribution < 1.29 is 0 Å². The molecule has 0 saturated carbocycles. The van der Waals surface area contributed by atoms with E-state index in [1.54, 1.807) is 0 Å². The molecule has 1 saturated heterocycles. The first-order valence-corrected chi connectivity index (χ1v) is 5.39. The van der Waals surface area contributed by atoms with Gasteiger partial charge in [0.05, 0.1) is 6.54 Å². The minimum atomic E-state index is 0.517. The molecule has 80 valence electrons. The van der Waals surface area contributed by atoms with Gasteiger partial charge in [-0.05, 0) is 27.4 Å². The Morgan fingerprint density at radius 3 is 2.79 bits per heavy atom. The lowest BCUT2D eigenvalue weighted by Gasteiger charge is -2.22. The van der Waals surface area contributed by atoms with Gasteiger partial charge in [0, 0.05) is 25.2 Å². The highest BCUT2D eigenvalue weighted by Crippen LogP contribution is 2.14. The van der Waals surface area contributed by atoms with Crippen LogP contribution in [0.25, 0.3) is 0 Å². The van der Waals surface area contributed by atoms with Crippen molar-refractivity contribution in [3.63, 3.8) is 0 Å². The van der Waals surface area contributed by atoms with Crippen LogP contribution in [-0.2, 0) is 0 Å². The second-order valence-corrected chi connectivity index (χ2v) is 4.56. The van der Waals surface area contributed by atoms with Gasteiger partial charge in [0.1, 0.15) is 0 Å². The normalized spacial score (nSPS) is 32.3. The molecule has 0 aromatic heterocycles. The number of nitrogens with one attached hydrogen (secondary N) is 1. The molecular weight excluding hydrogens is 176 g/mol. The van der Waals surface area contributed by atoms with E-state index in [1.165, 1.54) is 6.42 Å². The highest BCUT2D eigenvalue weighted by molar-refractivity contribution is 5.82. The fourth-order valence-corrected chi connectivity index (χ4v) is 2.08. The summed E-state index contributed by atoms with van der Waals surface area (Å²) in [4.78, 5) is 9.18. The van der Waals surface area contributed by atoms with E-state index in [4.69, 9.17) is 0 Å². The van der Waals surface area contributed by atoms with E-state index in [9.17, 15) is 0 Å². The minimum Gasteiger partial charge on any atom is -0.352 e. The first-order valence-electron chi connectivity index (χ1n) is 5.39. The Balaban J connectivity index is 1.90. The number of likely N-dealkylation sites (tertiary alicyclic amines) is 1. The molecule has 4 nitrogen and oxygen atoms in total.